The van der Waals surface area contributed by atoms with Crippen LogP contribution in [0.15, 0.2) is 370 Å². The van der Waals surface area contributed by atoms with E-state index in [9.17, 15) is 0 Å². The first-order valence-corrected chi connectivity index (χ1v) is 34.1. The summed E-state index contributed by atoms with van der Waals surface area (Å²) in [7, 11) is 0. The Bertz CT molecular complexity index is 3880. The second-order valence-electron chi connectivity index (χ2n) is 25.0. The highest BCUT2D eigenvalue weighted by Gasteiger charge is 2.40. The molecule has 0 unspecified atom stereocenters. The van der Waals surface area contributed by atoms with Crippen molar-refractivity contribution in [1.82, 2.24) is 21.3 Å². The highest BCUT2D eigenvalue weighted by Crippen LogP contribution is 2.42. The van der Waals surface area contributed by atoms with Gasteiger partial charge in [0.05, 0.1) is 22.2 Å². The summed E-state index contributed by atoms with van der Waals surface area (Å²) < 4.78 is 0. The molecule has 0 saturated carbocycles. The molecule has 0 fully saturated rings. The first kappa shape index (κ1) is 64.9. The fraction of sp³-hybridized carbons (Fsp3) is 0.132. The second kappa shape index (κ2) is 30.7. The van der Waals surface area contributed by atoms with Gasteiger partial charge in [0.25, 0.3) is 0 Å². The Morgan fingerprint density at radius 3 is 0.515 bits per heavy atom. The van der Waals surface area contributed by atoms with E-state index < -0.39 is 28.1 Å². The molecule has 6 heteroatoms. The molecule has 0 spiro atoms. The highest BCUT2D eigenvalue weighted by molar-refractivity contribution is 5.97. The Morgan fingerprint density at radius 1 is 0.227 bits per heavy atom. The maximum absolute atomic E-state index is 15.5. The van der Waals surface area contributed by atoms with Gasteiger partial charge < -0.3 is 5.73 Å². The number of benzene rings is 13. The first-order chi connectivity index (χ1) is 47.9. The average Bonchev–Trinajstić information content (AvgIpc) is 0.798. The zero-order valence-corrected chi connectivity index (χ0v) is 54.9. The van der Waals surface area contributed by atoms with Crippen LogP contribution in [0, 0.1) is 0 Å². The van der Waals surface area contributed by atoms with Crippen LogP contribution in [0.25, 0.3) is 0 Å². The summed E-state index contributed by atoms with van der Waals surface area (Å²) in [5, 5.41) is 16.9. The molecule has 0 aliphatic carbocycles. The average molecular weight is 1260 g/mol. The molecule has 0 radical (unpaired) electrons. The minimum atomic E-state index is -0.768. The third-order valence-electron chi connectivity index (χ3n) is 19.6. The molecule has 0 aliphatic rings. The van der Waals surface area contributed by atoms with Crippen molar-refractivity contribution in [3.8, 4) is 0 Å². The maximum atomic E-state index is 15.5. The van der Waals surface area contributed by atoms with Crippen LogP contribution in [0.3, 0.4) is 0 Å². The van der Waals surface area contributed by atoms with Crippen LogP contribution in [0.4, 0.5) is 0 Å². The monoisotopic (exact) mass is 1260 g/mol. The number of carbonyl (C=O) groups excluding carboxylic acids is 1. The summed E-state index contributed by atoms with van der Waals surface area (Å²) in [6, 6.07) is 132. The summed E-state index contributed by atoms with van der Waals surface area (Å²) in [5.41, 5.74) is 22.1. The van der Waals surface area contributed by atoms with Crippen LogP contribution in [-0.2, 0) is 47.8 Å². The van der Waals surface area contributed by atoms with Crippen molar-refractivity contribution in [1.29, 1.82) is 0 Å². The number of hydrogen-bond acceptors (Lipinski definition) is 5. The molecule has 0 saturated heterocycles. The SMILES string of the molecule is NC(=O)c1c(CCNC(c2ccccc2)(c2ccccc2)c2ccccc2)c(CCNC(c2ccccc2)(c2ccccc2)c2ccccc2)cc(CCNC(c2ccccc2)(c2ccccc2)c2ccccc2)c1CCNC(c1ccccc1)(c1ccccc1)c1ccccc1. The van der Waals surface area contributed by atoms with E-state index in [1.165, 1.54) is 0 Å². The molecular weight excluding hydrogens is 1180 g/mol. The molecule has 13 aromatic carbocycles. The third-order valence-corrected chi connectivity index (χ3v) is 19.6. The number of hydrogen-bond donors (Lipinski definition) is 5. The van der Waals surface area contributed by atoms with E-state index in [1.54, 1.807) is 0 Å². The van der Waals surface area contributed by atoms with Gasteiger partial charge >= 0.3 is 0 Å². The van der Waals surface area contributed by atoms with Gasteiger partial charge in [0.2, 0.25) is 5.91 Å². The molecule has 97 heavy (non-hydrogen) atoms. The van der Waals surface area contributed by atoms with Crippen molar-refractivity contribution in [3.63, 3.8) is 0 Å². The summed E-state index contributed by atoms with van der Waals surface area (Å²) >= 11 is 0. The summed E-state index contributed by atoms with van der Waals surface area (Å²) in [5.74, 6) is -0.450. The van der Waals surface area contributed by atoms with Gasteiger partial charge in [-0.05, 0) is 115 Å². The number of primary amides is 1. The number of nitrogens with two attached hydrogens (primary N) is 1. The Labute approximate surface area is 573 Å². The van der Waals surface area contributed by atoms with Gasteiger partial charge in [-0.15, -0.1) is 0 Å². The first-order valence-electron chi connectivity index (χ1n) is 34.1. The lowest BCUT2D eigenvalue weighted by molar-refractivity contribution is 0.0998. The lowest BCUT2D eigenvalue weighted by Crippen LogP contribution is -2.46. The third kappa shape index (κ3) is 13.5. The molecule has 6 N–H and O–H groups in total. The molecule has 0 atom stereocenters. The van der Waals surface area contributed by atoms with Crippen LogP contribution in [0.5, 0.6) is 0 Å². The van der Waals surface area contributed by atoms with E-state index in [-0.39, 0.29) is 0 Å². The van der Waals surface area contributed by atoms with Gasteiger partial charge in [0.15, 0.2) is 0 Å². The largest absolute Gasteiger partial charge is 0.366 e. The van der Waals surface area contributed by atoms with Crippen LogP contribution in [0.2, 0.25) is 0 Å². The van der Waals surface area contributed by atoms with E-state index in [2.05, 4.69) is 391 Å². The highest BCUT2D eigenvalue weighted by atomic mass is 16.1. The normalized spacial score (nSPS) is 11.9. The summed E-state index contributed by atoms with van der Waals surface area (Å²) in [4.78, 5) is 15.5. The molecule has 0 heterocycles. The van der Waals surface area contributed by atoms with Gasteiger partial charge in [0.1, 0.15) is 0 Å². The molecule has 0 aliphatic heterocycles. The van der Waals surface area contributed by atoms with Gasteiger partial charge in [-0.1, -0.05) is 370 Å². The smallest absolute Gasteiger partial charge is 0.249 e. The molecule has 478 valence electrons. The van der Waals surface area contributed by atoms with Crippen LogP contribution in [0.1, 0.15) is 99.4 Å². The zero-order chi connectivity index (χ0) is 66.0. The molecule has 13 aromatic rings. The molecule has 6 nitrogen and oxygen atoms in total. The molecular formula is C91H83N5O. The standard InChI is InChI=1S/C91H83N5O/c92-87(97)86-84(63-67-95-90(78-49-25-7-26-50-78,79-51-27-8-28-52-79)80-53-29-9-30-54-80)70(61-65-93-88(72-37-13-1-14-38-72,73-39-15-2-16-40-73)74-41-17-3-18-42-74)69-71(62-66-94-89(75-43-19-4-20-44-75,76-45-21-5-22-46-76)77-47-23-6-24-48-77)85(86)64-68-96-91(81-55-31-10-32-56-81,82-57-33-11-34-58-82)83-59-35-12-36-60-83/h1-60,69,93-96H,61-68H2,(H2,92,97). The van der Waals surface area contributed by atoms with Crippen LogP contribution in [-0.4, -0.2) is 32.1 Å². The minimum absolute atomic E-state index is 0.450. The van der Waals surface area contributed by atoms with Crippen molar-refractivity contribution in [2.75, 3.05) is 26.2 Å². The van der Waals surface area contributed by atoms with Gasteiger partial charge in [-0.25, -0.2) is 0 Å². The van der Waals surface area contributed by atoms with Crippen molar-refractivity contribution in [3.05, 3.63) is 465 Å². The number of nitrogens with one attached hydrogen (secondary N) is 4. The topological polar surface area (TPSA) is 91.2 Å². The van der Waals surface area contributed by atoms with E-state index in [0.29, 0.717) is 57.4 Å². The predicted molar refractivity (Wildman–Crippen MR) is 399 cm³/mol. The van der Waals surface area contributed by atoms with Crippen molar-refractivity contribution in [2.24, 2.45) is 5.73 Å². The minimum Gasteiger partial charge on any atom is -0.366 e. The van der Waals surface area contributed by atoms with Crippen molar-refractivity contribution >= 4 is 5.91 Å². The lowest BCUT2D eigenvalue weighted by atomic mass is 9.76. The summed E-state index contributed by atoms with van der Waals surface area (Å²) in [6.07, 6.45) is 2.13. The molecule has 0 bridgehead atoms. The zero-order valence-electron chi connectivity index (χ0n) is 54.9. The quantitative estimate of drug-likeness (QED) is 0.0301. The van der Waals surface area contributed by atoms with E-state index in [4.69, 9.17) is 5.73 Å². The van der Waals surface area contributed by atoms with Crippen LogP contribution < -0.4 is 27.0 Å². The number of rotatable bonds is 29. The Hall–Kier alpha value is -10.8. The lowest BCUT2D eigenvalue weighted by Gasteiger charge is -2.38. The van der Waals surface area contributed by atoms with Gasteiger partial charge in [-0.2, -0.15) is 0 Å². The van der Waals surface area contributed by atoms with E-state index >= 15 is 4.79 Å². The summed E-state index contributed by atoms with van der Waals surface area (Å²) in [6.45, 7) is 2.08. The van der Waals surface area contributed by atoms with E-state index in [1.807, 2.05) is 0 Å². The Kier molecular flexibility index (Phi) is 20.5. The predicted octanol–water partition coefficient (Wildman–Crippen LogP) is 17.3. The van der Waals surface area contributed by atoms with Crippen molar-refractivity contribution < 1.29 is 4.79 Å². The van der Waals surface area contributed by atoms with Crippen LogP contribution >= 0.6 is 0 Å². The van der Waals surface area contributed by atoms with Crippen molar-refractivity contribution in [2.45, 2.75) is 47.8 Å². The van der Waals surface area contributed by atoms with Gasteiger partial charge in [0, 0.05) is 31.7 Å². The fourth-order valence-electron chi connectivity index (χ4n) is 15.2. The Balaban J connectivity index is 0.990. The Morgan fingerprint density at radius 2 is 0.371 bits per heavy atom. The molecule has 0 aromatic heterocycles. The molecule has 13 rings (SSSR count). The maximum Gasteiger partial charge on any atom is 0.249 e. The second-order valence-corrected chi connectivity index (χ2v) is 25.0. The van der Waals surface area contributed by atoms with E-state index in [0.717, 1.165) is 89.0 Å². The number of carbonyl (C=O) groups is 1. The van der Waals surface area contributed by atoms with Gasteiger partial charge in [-0.3, -0.25) is 26.1 Å². The molecule has 1 amide bonds. The number of amides is 1. The fourth-order valence-corrected chi connectivity index (χ4v) is 15.2.